The Hall–Kier alpha value is -0.910. The summed E-state index contributed by atoms with van der Waals surface area (Å²) < 4.78 is 29.8. The van der Waals surface area contributed by atoms with Gasteiger partial charge in [-0.1, -0.05) is 0 Å². The summed E-state index contributed by atoms with van der Waals surface area (Å²) >= 11 is -2.23. The van der Waals surface area contributed by atoms with E-state index in [2.05, 4.69) is 18.6 Å². The van der Waals surface area contributed by atoms with E-state index >= 15 is 0 Å². The van der Waals surface area contributed by atoms with E-state index in [1.807, 2.05) is 20.8 Å². The first-order valence-corrected chi connectivity index (χ1v) is 7.43. The van der Waals surface area contributed by atoms with Crippen molar-refractivity contribution in [2.24, 2.45) is 0 Å². The second kappa shape index (κ2) is 4.89. The van der Waals surface area contributed by atoms with Gasteiger partial charge in [-0.3, -0.25) is 4.21 Å². The van der Waals surface area contributed by atoms with Gasteiger partial charge in [0.05, 0.1) is 0 Å². The highest BCUT2D eigenvalue weighted by Gasteiger charge is 2.34. The third kappa shape index (κ3) is 2.68. The first kappa shape index (κ1) is 14.5. The number of hydrogen-bond donors (Lipinski definition) is 1. The van der Waals surface area contributed by atoms with E-state index in [-0.39, 0.29) is 5.60 Å². The van der Waals surface area contributed by atoms with E-state index in [1.54, 1.807) is 0 Å². The van der Waals surface area contributed by atoms with Gasteiger partial charge in [0, 0.05) is 29.8 Å². The molecule has 0 bridgehead atoms. The van der Waals surface area contributed by atoms with Crippen LogP contribution in [0.1, 0.15) is 41.7 Å². The van der Waals surface area contributed by atoms with Crippen molar-refractivity contribution >= 4 is 11.3 Å². The third-order valence-corrected chi connectivity index (χ3v) is 4.26. The Labute approximate surface area is 117 Å². The Morgan fingerprint density at radius 2 is 1.89 bits per heavy atom. The van der Waals surface area contributed by atoms with Crippen molar-refractivity contribution < 1.29 is 13.5 Å². The molecule has 1 aliphatic heterocycles. The molecule has 19 heavy (non-hydrogen) atoms. The maximum absolute atomic E-state index is 10.7. The van der Waals surface area contributed by atoms with Crippen molar-refractivity contribution in [2.75, 3.05) is 0 Å². The smallest absolute Gasteiger partial charge is 0.126 e. The molecule has 1 unspecified atom stereocenters. The quantitative estimate of drug-likeness (QED) is 0.865. The molecule has 1 aromatic rings. The normalized spacial score (nSPS) is 18.0. The van der Waals surface area contributed by atoms with Crippen LogP contribution in [0.15, 0.2) is 0 Å². The molecule has 0 radical (unpaired) electrons. The van der Waals surface area contributed by atoms with Gasteiger partial charge in [-0.05, 0) is 56.9 Å². The topological polar surface area (TPSA) is 61.4 Å². The molecule has 1 atom stereocenters. The van der Waals surface area contributed by atoms with E-state index in [1.165, 1.54) is 5.56 Å². The predicted octanol–water partition coefficient (Wildman–Crippen LogP) is 2.21. The molecule has 0 saturated heterocycles. The summed E-state index contributed by atoms with van der Waals surface area (Å²) in [5.74, 6) is 0.979. The highest BCUT2D eigenvalue weighted by atomic mass is 32.2. The molecule has 0 aromatic heterocycles. The first-order chi connectivity index (χ1) is 8.73. The van der Waals surface area contributed by atoms with E-state index in [4.69, 9.17) is 4.74 Å². The van der Waals surface area contributed by atoms with Gasteiger partial charge in [-0.15, -0.1) is 0 Å². The van der Waals surface area contributed by atoms with Crippen LogP contribution in [0.3, 0.4) is 0 Å². The minimum absolute atomic E-state index is 0.183. The summed E-state index contributed by atoms with van der Waals surface area (Å²) in [6, 6.07) is 0. The van der Waals surface area contributed by atoms with Gasteiger partial charge >= 0.3 is 0 Å². The maximum Gasteiger partial charge on any atom is 0.126 e. The lowest BCUT2D eigenvalue weighted by atomic mass is 9.90. The fourth-order valence-corrected chi connectivity index (χ4v) is 3.00. The van der Waals surface area contributed by atoms with Gasteiger partial charge < -0.3 is 9.29 Å². The summed E-state index contributed by atoms with van der Waals surface area (Å²) in [6.45, 7) is 10.6. The number of hydrogen-bond acceptors (Lipinski definition) is 3. The van der Waals surface area contributed by atoms with Crippen LogP contribution >= 0.6 is 0 Å². The van der Waals surface area contributed by atoms with E-state index in [9.17, 15) is 8.76 Å². The van der Waals surface area contributed by atoms with Gasteiger partial charge in [0.1, 0.15) is 11.4 Å². The first-order valence-electron chi connectivity index (χ1n) is 6.36. The molecule has 1 N–H and O–H groups in total. The van der Waals surface area contributed by atoms with Crippen LogP contribution in [0.5, 0.6) is 5.75 Å². The van der Waals surface area contributed by atoms with Gasteiger partial charge in [0.25, 0.3) is 0 Å². The second-order valence-electron chi connectivity index (χ2n) is 5.76. The Bertz CT molecular complexity index is 552. The number of nitrogens with one attached hydrogen (secondary N) is 1. The minimum Gasteiger partial charge on any atom is -0.760 e. The van der Waals surface area contributed by atoms with Crippen molar-refractivity contribution in [3.8, 4) is 5.75 Å². The SMILES string of the molecule is Cc1c(C)c2c(c(C)c1CNS(=O)[O-])CC(C)(C)O2. The fraction of sp³-hybridized carbons (Fsp3) is 0.571. The summed E-state index contributed by atoms with van der Waals surface area (Å²) in [5, 5.41) is 0. The molecule has 106 valence electrons. The van der Waals surface area contributed by atoms with E-state index < -0.39 is 11.3 Å². The average molecular weight is 282 g/mol. The zero-order chi connectivity index (χ0) is 14.4. The second-order valence-corrected chi connectivity index (χ2v) is 6.51. The van der Waals surface area contributed by atoms with Crippen LogP contribution in [0.25, 0.3) is 0 Å². The molecule has 1 heterocycles. The lowest BCUT2D eigenvalue weighted by Gasteiger charge is -2.19. The van der Waals surface area contributed by atoms with E-state index in [0.29, 0.717) is 6.54 Å². The van der Waals surface area contributed by atoms with Crippen molar-refractivity contribution in [2.45, 2.75) is 53.2 Å². The van der Waals surface area contributed by atoms with Crippen LogP contribution in [-0.2, 0) is 24.2 Å². The summed E-state index contributed by atoms with van der Waals surface area (Å²) in [5.41, 5.74) is 5.44. The monoisotopic (exact) mass is 282 g/mol. The molecule has 0 fully saturated rings. The molecule has 1 aliphatic rings. The lowest BCUT2D eigenvalue weighted by molar-refractivity contribution is 0.137. The molecular formula is C14H20NO3S-. The number of fused-ring (bicyclic) bond motifs is 1. The van der Waals surface area contributed by atoms with E-state index in [0.717, 1.165) is 34.4 Å². The Morgan fingerprint density at radius 3 is 2.47 bits per heavy atom. The predicted molar refractivity (Wildman–Crippen MR) is 74.8 cm³/mol. The molecule has 4 nitrogen and oxygen atoms in total. The largest absolute Gasteiger partial charge is 0.760 e. The molecule has 0 spiro atoms. The van der Waals surface area contributed by atoms with Crippen molar-refractivity contribution in [3.63, 3.8) is 0 Å². The number of ether oxygens (including phenoxy) is 1. The molecule has 0 amide bonds. The van der Waals surface area contributed by atoms with Gasteiger partial charge in [-0.2, -0.15) is 0 Å². The van der Waals surface area contributed by atoms with Crippen molar-refractivity contribution in [1.82, 2.24) is 4.72 Å². The van der Waals surface area contributed by atoms with Crippen LogP contribution in [0.4, 0.5) is 0 Å². The standard InChI is InChI=1S/C14H21NO3S/c1-8-9(2)13-11(6-14(4,5)18-13)10(3)12(8)7-15-19(16)17/h15H,6-7H2,1-5H3,(H,16,17)/p-1. The number of benzene rings is 1. The highest BCUT2D eigenvalue weighted by Crippen LogP contribution is 2.42. The van der Waals surface area contributed by atoms with Crippen LogP contribution in [-0.4, -0.2) is 14.4 Å². The number of rotatable bonds is 3. The molecule has 0 saturated carbocycles. The lowest BCUT2D eigenvalue weighted by Crippen LogP contribution is -2.24. The van der Waals surface area contributed by atoms with Crippen molar-refractivity contribution in [1.29, 1.82) is 0 Å². The van der Waals surface area contributed by atoms with Crippen LogP contribution in [0, 0.1) is 20.8 Å². The van der Waals surface area contributed by atoms with Crippen LogP contribution < -0.4 is 9.46 Å². The zero-order valence-corrected chi connectivity index (χ0v) is 12.9. The molecule has 2 rings (SSSR count). The van der Waals surface area contributed by atoms with Crippen LogP contribution in [0.2, 0.25) is 0 Å². The Kier molecular flexibility index (Phi) is 3.73. The van der Waals surface area contributed by atoms with Crippen molar-refractivity contribution in [3.05, 3.63) is 27.8 Å². The maximum atomic E-state index is 10.7. The molecule has 0 aliphatic carbocycles. The molecule has 5 heteroatoms. The summed E-state index contributed by atoms with van der Waals surface area (Å²) in [7, 11) is 0. The highest BCUT2D eigenvalue weighted by molar-refractivity contribution is 7.77. The van der Waals surface area contributed by atoms with Gasteiger partial charge in [-0.25, -0.2) is 4.72 Å². The molecule has 1 aromatic carbocycles. The Morgan fingerprint density at radius 1 is 1.26 bits per heavy atom. The zero-order valence-electron chi connectivity index (χ0n) is 12.0. The minimum atomic E-state index is -2.23. The van der Waals surface area contributed by atoms with Gasteiger partial charge in [0.2, 0.25) is 0 Å². The third-order valence-electron chi connectivity index (χ3n) is 3.88. The van der Waals surface area contributed by atoms with Gasteiger partial charge in [0.15, 0.2) is 0 Å². The summed E-state index contributed by atoms with van der Waals surface area (Å²) in [4.78, 5) is 0. The Balaban J connectivity index is 2.49. The fourth-order valence-electron chi connectivity index (χ4n) is 2.74. The summed E-state index contributed by atoms with van der Waals surface area (Å²) in [6.07, 6.45) is 0.864. The molecular weight excluding hydrogens is 262 g/mol. The average Bonchev–Trinajstić information content (AvgIpc) is 2.62.